The van der Waals surface area contributed by atoms with Crippen LogP contribution in [-0.4, -0.2) is 5.84 Å². The van der Waals surface area contributed by atoms with E-state index in [1.807, 2.05) is 0 Å². The molecule has 0 radical (unpaired) electrons. The monoisotopic (exact) mass is 298 g/mol. The Bertz CT molecular complexity index is 647. The van der Waals surface area contributed by atoms with Crippen LogP contribution in [0.25, 0.3) is 0 Å². The molecule has 0 unspecified atom stereocenters. The smallest absolute Gasteiger partial charge is 0.159 e. The molecule has 0 spiro atoms. The van der Waals surface area contributed by atoms with Crippen molar-refractivity contribution >= 4 is 29.2 Å². The SMILES string of the molecule is N=C(N)c1ccc(Sc2ccc(F)c(F)c2)cc1Cl. The molecular weight excluding hydrogens is 290 g/mol. The number of nitrogens with two attached hydrogens (primary N) is 1. The fourth-order valence-electron chi connectivity index (χ4n) is 1.45. The third-order valence-electron chi connectivity index (χ3n) is 2.36. The van der Waals surface area contributed by atoms with E-state index in [-0.39, 0.29) is 5.84 Å². The lowest BCUT2D eigenvalue weighted by molar-refractivity contribution is 0.506. The molecule has 98 valence electrons. The minimum absolute atomic E-state index is 0.116. The maximum atomic E-state index is 13.1. The molecule has 0 saturated heterocycles. The van der Waals surface area contributed by atoms with Crippen LogP contribution >= 0.6 is 23.4 Å². The lowest BCUT2D eigenvalue weighted by Crippen LogP contribution is -2.11. The first-order valence-corrected chi connectivity index (χ1v) is 6.43. The van der Waals surface area contributed by atoms with Gasteiger partial charge in [-0.1, -0.05) is 23.4 Å². The van der Waals surface area contributed by atoms with Crippen molar-refractivity contribution in [2.24, 2.45) is 5.73 Å². The van der Waals surface area contributed by atoms with Gasteiger partial charge in [-0.05, 0) is 36.4 Å². The van der Waals surface area contributed by atoms with Gasteiger partial charge in [-0.25, -0.2) is 8.78 Å². The van der Waals surface area contributed by atoms with E-state index in [2.05, 4.69) is 0 Å². The molecule has 6 heteroatoms. The molecule has 0 aliphatic heterocycles. The van der Waals surface area contributed by atoms with Gasteiger partial charge < -0.3 is 5.73 Å². The first kappa shape index (κ1) is 13.8. The molecule has 0 aromatic heterocycles. The van der Waals surface area contributed by atoms with Gasteiger partial charge in [0.15, 0.2) is 11.6 Å². The van der Waals surface area contributed by atoms with Crippen LogP contribution in [0.3, 0.4) is 0 Å². The maximum absolute atomic E-state index is 13.1. The average Bonchev–Trinajstić information content (AvgIpc) is 2.33. The molecular formula is C13H9ClF2N2S. The number of nitrogens with one attached hydrogen (secondary N) is 1. The summed E-state index contributed by atoms with van der Waals surface area (Å²) in [6, 6.07) is 8.64. The summed E-state index contributed by atoms with van der Waals surface area (Å²) < 4.78 is 25.9. The van der Waals surface area contributed by atoms with E-state index in [4.69, 9.17) is 22.7 Å². The average molecular weight is 299 g/mol. The molecule has 2 aromatic carbocycles. The van der Waals surface area contributed by atoms with Crippen LogP contribution in [0.15, 0.2) is 46.2 Å². The molecule has 0 amide bonds. The van der Waals surface area contributed by atoms with Gasteiger partial charge in [-0.2, -0.15) is 0 Å². The van der Waals surface area contributed by atoms with E-state index in [0.29, 0.717) is 15.5 Å². The number of halogens is 3. The Balaban J connectivity index is 2.26. The number of rotatable bonds is 3. The molecule has 0 aliphatic carbocycles. The summed E-state index contributed by atoms with van der Waals surface area (Å²) in [5.41, 5.74) is 5.80. The van der Waals surface area contributed by atoms with Crippen LogP contribution in [-0.2, 0) is 0 Å². The van der Waals surface area contributed by atoms with E-state index < -0.39 is 11.6 Å². The highest BCUT2D eigenvalue weighted by Crippen LogP contribution is 2.31. The Labute approximate surface area is 118 Å². The number of hydrogen-bond acceptors (Lipinski definition) is 2. The zero-order valence-corrected chi connectivity index (χ0v) is 11.2. The Morgan fingerprint density at radius 2 is 1.68 bits per heavy atom. The van der Waals surface area contributed by atoms with Crippen LogP contribution in [0, 0.1) is 17.0 Å². The molecule has 2 nitrogen and oxygen atoms in total. The quantitative estimate of drug-likeness (QED) is 0.663. The summed E-state index contributed by atoms with van der Waals surface area (Å²) in [5.74, 6) is -1.89. The van der Waals surface area contributed by atoms with Gasteiger partial charge in [0.05, 0.1) is 5.02 Å². The Kier molecular flexibility index (Phi) is 4.07. The molecule has 0 aliphatic rings. The zero-order valence-electron chi connectivity index (χ0n) is 9.58. The number of nitrogen functional groups attached to an aromatic ring is 1. The van der Waals surface area contributed by atoms with Crippen molar-refractivity contribution in [1.29, 1.82) is 5.41 Å². The van der Waals surface area contributed by atoms with Gasteiger partial charge in [0.2, 0.25) is 0 Å². The summed E-state index contributed by atoms with van der Waals surface area (Å²) in [5, 5.41) is 7.66. The fraction of sp³-hybridized carbons (Fsp3) is 0. The van der Waals surface area contributed by atoms with Gasteiger partial charge in [-0.3, -0.25) is 5.41 Å². The lowest BCUT2D eigenvalue weighted by Gasteiger charge is -2.06. The van der Waals surface area contributed by atoms with Gasteiger partial charge in [-0.15, -0.1) is 0 Å². The molecule has 0 saturated carbocycles. The highest BCUT2D eigenvalue weighted by atomic mass is 35.5. The van der Waals surface area contributed by atoms with Gasteiger partial charge in [0.1, 0.15) is 5.84 Å². The van der Waals surface area contributed by atoms with Crippen molar-refractivity contribution in [3.05, 3.63) is 58.6 Å². The predicted octanol–water partition coefficient (Wildman–Crippen LogP) is 4.05. The topological polar surface area (TPSA) is 49.9 Å². The highest BCUT2D eigenvalue weighted by molar-refractivity contribution is 7.99. The molecule has 3 N–H and O–H groups in total. The first-order chi connectivity index (χ1) is 8.97. The Morgan fingerprint density at radius 1 is 1.05 bits per heavy atom. The van der Waals surface area contributed by atoms with Gasteiger partial charge in [0.25, 0.3) is 0 Å². The Hall–Kier alpha value is -1.59. The normalized spacial score (nSPS) is 10.5. The third-order valence-corrected chi connectivity index (χ3v) is 3.65. The molecule has 2 aromatic rings. The summed E-state index contributed by atoms with van der Waals surface area (Å²) in [6.07, 6.45) is 0. The number of hydrogen-bond donors (Lipinski definition) is 2. The standard InChI is InChI=1S/C13H9ClF2N2S/c14-10-5-7(1-3-9(10)13(17)18)19-8-2-4-11(15)12(16)6-8/h1-6H,(H3,17,18). The van der Waals surface area contributed by atoms with Crippen molar-refractivity contribution in [2.45, 2.75) is 9.79 Å². The molecule has 0 heterocycles. The van der Waals surface area contributed by atoms with Crippen molar-refractivity contribution < 1.29 is 8.78 Å². The summed E-state index contributed by atoms with van der Waals surface area (Å²) in [4.78, 5) is 1.31. The summed E-state index contributed by atoms with van der Waals surface area (Å²) >= 11 is 7.22. The predicted molar refractivity (Wildman–Crippen MR) is 72.9 cm³/mol. The van der Waals surface area contributed by atoms with E-state index >= 15 is 0 Å². The largest absolute Gasteiger partial charge is 0.384 e. The maximum Gasteiger partial charge on any atom is 0.159 e. The van der Waals surface area contributed by atoms with Crippen LogP contribution in [0.5, 0.6) is 0 Å². The molecule has 2 rings (SSSR count). The second-order valence-corrected chi connectivity index (χ2v) is 5.29. The highest BCUT2D eigenvalue weighted by Gasteiger charge is 2.07. The van der Waals surface area contributed by atoms with Crippen molar-refractivity contribution in [3.63, 3.8) is 0 Å². The molecule has 0 bridgehead atoms. The van der Waals surface area contributed by atoms with Crippen LogP contribution in [0.4, 0.5) is 8.78 Å². The van der Waals surface area contributed by atoms with E-state index in [1.165, 1.54) is 17.8 Å². The van der Waals surface area contributed by atoms with Crippen LogP contribution in [0.1, 0.15) is 5.56 Å². The number of benzene rings is 2. The second kappa shape index (κ2) is 5.59. The third kappa shape index (κ3) is 3.24. The zero-order chi connectivity index (χ0) is 14.0. The van der Waals surface area contributed by atoms with Crippen molar-refractivity contribution in [2.75, 3.05) is 0 Å². The van der Waals surface area contributed by atoms with Crippen LogP contribution in [0.2, 0.25) is 5.02 Å². The second-order valence-electron chi connectivity index (χ2n) is 3.73. The fourth-order valence-corrected chi connectivity index (χ4v) is 2.68. The van der Waals surface area contributed by atoms with Gasteiger partial charge in [0, 0.05) is 15.4 Å². The van der Waals surface area contributed by atoms with Crippen molar-refractivity contribution in [1.82, 2.24) is 0 Å². The van der Waals surface area contributed by atoms with Crippen molar-refractivity contribution in [3.8, 4) is 0 Å². The summed E-state index contributed by atoms with van der Waals surface area (Å²) in [7, 11) is 0. The molecule has 19 heavy (non-hydrogen) atoms. The first-order valence-electron chi connectivity index (χ1n) is 5.24. The Morgan fingerprint density at radius 3 is 2.26 bits per heavy atom. The minimum atomic E-state index is -0.892. The van der Waals surface area contributed by atoms with E-state index in [1.54, 1.807) is 18.2 Å². The van der Waals surface area contributed by atoms with Gasteiger partial charge >= 0.3 is 0 Å². The minimum Gasteiger partial charge on any atom is -0.384 e. The number of amidine groups is 1. The van der Waals surface area contributed by atoms with E-state index in [9.17, 15) is 8.78 Å². The molecule has 0 fully saturated rings. The lowest BCUT2D eigenvalue weighted by atomic mass is 10.2. The summed E-state index contributed by atoms with van der Waals surface area (Å²) in [6.45, 7) is 0. The van der Waals surface area contributed by atoms with E-state index in [0.717, 1.165) is 17.0 Å². The van der Waals surface area contributed by atoms with Crippen LogP contribution < -0.4 is 5.73 Å². The molecule has 0 atom stereocenters.